The first-order valence-corrected chi connectivity index (χ1v) is 30.2. The van der Waals surface area contributed by atoms with Gasteiger partial charge in [0, 0.05) is 38.5 Å². The third-order valence-electron chi connectivity index (χ3n) is 16.9. The zero-order valence-corrected chi connectivity index (χ0v) is 53.2. The van der Waals surface area contributed by atoms with E-state index < -0.39 is 0 Å². The Hall–Kier alpha value is -5.96. The summed E-state index contributed by atoms with van der Waals surface area (Å²) in [4.78, 5) is 0. The van der Waals surface area contributed by atoms with Crippen LogP contribution in [0.15, 0.2) is 72.8 Å². The summed E-state index contributed by atoms with van der Waals surface area (Å²) in [7, 11) is 0. The van der Waals surface area contributed by atoms with E-state index in [0.717, 1.165) is 101 Å². The number of phenolic OH excluding ortho intramolecular Hbond substituents is 2. The number of benzene rings is 6. The summed E-state index contributed by atoms with van der Waals surface area (Å²) in [5, 5.41) is 25.8. The van der Waals surface area contributed by atoms with Gasteiger partial charge in [-0.25, -0.2) is 0 Å². The van der Waals surface area contributed by atoms with Gasteiger partial charge in [-0.2, -0.15) is 0 Å². The molecule has 3 aliphatic heterocycles. The highest BCUT2D eigenvalue weighted by molar-refractivity contribution is 5.61. The van der Waals surface area contributed by atoms with Crippen molar-refractivity contribution in [3.63, 3.8) is 0 Å². The lowest BCUT2D eigenvalue weighted by molar-refractivity contribution is 0.0270. The van der Waals surface area contributed by atoms with Crippen molar-refractivity contribution in [3.8, 4) is 34.5 Å². The van der Waals surface area contributed by atoms with Crippen LogP contribution in [0.5, 0.6) is 34.5 Å². The first kappa shape index (κ1) is 60.6. The van der Waals surface area contributed by atoms with Gasteiger partial charge in [0.15, 0.2) is 0 Å². The van der Waals surface area contributed by atoms with Crippen LogP contribution in [0.2, 0.25) is 0 Å². The summed E-state index contributed by atoms with van der Waals surface area (Å²) in [6.45, 7) is 43.5. The number of ether oxygens (including phenoxy) is 6. The second-order valence-electron chi connectivity index (χ2n) is 30.0. The summed E-state index contributed by atoms with van der Waals surface area (Å²) in [6.07, 6.45) is 2.79. The molecule has 6 aromatic carbocycles. The van der Waals surface area contributed by atoms with Gasteiger partial charge in [0.2, 0.25) is 0 Å². The Morgan fingerprint density at radius 1 is 0.232 bits per heavy atom. The normalized spacial score (nSPS) is 16.1. The van der Waals surface area contributed by atoms with E-state index in [-0.39, 0.29) is 44.0 Å². The fourth-order valence-corrected chi connectivity index (χ4v) is 11.7. The van der Waals surface area contributed by atoms with E-state index in [0.29, 0.717) is 91.4 Å². The molecule has 0 saturated carbocycles. The molecular weight excluding hydrogens is 1020 g/mol. The zero-order chi connectivity index (χ0) is 59.5. The Bertz CT molecular complexity index is 3110. The lowest BCUT2D eigenvalue weighted by Crippen LogP contribution is -2.18. The van der Waals surface area contributed by atoms with Crippen molar-refractivity contribution < 1.29 is 38.6 Å². The lowest BCUT2D eigenvalue weighted by Gasteiger charge is -2.28. The van der Waals surface area contributed by atoms with Gasteiger partial charge in [0.25, 0.3) is 0 Å². The average Bonchev–Trinajstić information content (AvgIpc) is 3.45. The Kier molecular flexibility index (Phi) is 16.9. The molecule has 8 heteroatoms. The largest absolute Gasteiger partial charge is 0.507 e. The lowest BCUT2D eigenvalue weighted by atomic mass is 9.79. The Morgan fingerprint density at radius 3 is 0.573 bits per heavy atom. The summed E-state index contributed by atoms with van der Waals surface area (Å²) in [5.41, 5.74) is 17.2. The molecule has 0 amide bonds. The number of fused-ring (bicyclic) bond motifs is 13. The van der Waals surface area contributed by atoms with Gasteiger partial charge in [0.1, 0.15) is 60.9 Å². The molecular formula is C74H96O8. The smallest absolute Gasteiger partial charge is 0.126 e. The van der Waals surface area contributed by atoms with E-state index in [1.54, 1.807) is 0 Å². The summed E-state index contributed by atoms with van der Waals surface area (Å²) >= 11 is 0. The molecule has 0 spiro atoms. The molecule has 0 radical (unpaired) electrons. The minimum Gasteiger partial charge on any atom is -0.507 e. The Balaban J connectivity index is 1.43. The van der Waals surface area contributed by atoms with Crippen molar-refractivity contribution in [1.82, 2.24) is 0 Å². The van der Waals surface area contributed by atoms with Crippen LogP contribution in [0.25, 0.3) is 0 Å². The average molecular weight is 1110 g/mol. The summed E-state index contributed by atoms with van der Waals surface area (Å²) in [5.74, 6) is 3.78. The highest BCUT2D eigenvalue weighted by atomic mass is 16.6. The van der Waals surface area contributed by atoms with E-state index >= 15 is 0 Å². The second kappa shape index (κ2) is 22.9. The van der Waals surface area contributed by atoms with Crippen LogP contribution in [0.4, 0.5) is 0 Å². The summed E-state index contributed by atoms with van der Waals surface area (Å²) < 4.78 is 40.9. The predicted octanol–water partition coefficient (Wildman–Crippen LogP) is 16.3. The number of aromatic hydroxyl groups is 2. The third-order valence-corrected chi connectivity index (χ3v) is 16.9. The molecule has 6 aromatic rings. The molecule has 12 bridgehead atoms. The van der Waals surface area contributed by atoms with Crippen LogP contribution >= 0.6 is 0 Å². The van der Waals surface area contributed by atoms with Crippen LogP contribution in [0.1, 0.15) is 225 Å². The number of hydrogen-bond acceptors (Lipinski definition) is 8. The SMILES string of the molecule is CC(C)(C)c1cc2c(O)c(c1)Cc1cc(C(C)(C)C)cc3c1OCCOCCOCCOc1c(cc(C(C)(C)C)cc1Cc1cc(C(C)(C)C)cc4c1OCCOc1c(cc(C(C)(C)C)cc1C4)C3)Cc1cc(C(C)(C)C)cc(c1O)C2. The molecule has 9 rings (SSSR count). The van der Waals surface area contributed by atoms with Gasteiger partial charge in [-0.05, 0) is 133 Å². The summed E-state index contributed by atoms with van der Waals surface area (Å²) in [6, 6.07) is 27.4. The predicted molar refractivity (Wildman–Crippen MR) is 335 cm³/mol. The zero-order valence-electron chi connectivity index (χ0n) is 53.2. The standard InChI is InChI=1S/C74H96O8/c1-69(2,3)57-33-45-27-46-34-58(70(4,5)6)36-48(64(46)76)29-50-38-60(72(10,11)12)40-52-31-54-42-62(74(16,17)18)44-56-32-55-43-61(73(13,14)15)41-53(67(55)81-25-26-82-68(54)56)30-51-39-59(71(7,8)9)37-49(28-47(35-57)63(45)75)65(51)79-23-21-77-19-20-78-22-24-80-66(50)52/h33-44,75-76H,19-32H2,1-18H3. The highest BCUT2D eigenvalue weighted by Gasteiger charge is 2.31. The van der Waals surface area contributed by atoms with Crippen molar-refractivity contribution in [2.75, 3.05) is 52.9 Å². The van der Waals surface area contributed by atoms with E-state index in [1.165, 1.54) is 22.3 Å². The minimum atomic E-state index is -0.261. The van der Waals surface area contributed by atoms with E-state index in [4.69, 9.17) is 28.4 Å². The minimum absolute atomic E-state index is 0.185. The van der Waals surface area contributed by atoms with Crippen LogP contribution < -0.4 is 18.9 Å². The molecule has 0 unspecified atom stereocenters. The van der Waals surface area contributed by atoms with Gasteiger partial charge in [-0.3, -0.25) is 0 Å². The number of hydrogen-bond donors (Lipinski definition) is 2. The van der Waals surface area contributed by atoms with Gasteiger partial charge < -0.3 is 38.6 Å². The fraction of sp³-hybridized carbons (Fsp3) is 0.514. The molecule has 0 atom stereocenters. The van der Waals surface area contributed by atoms with Crippen LogP contribution in [0.3, 0.4) is 0 Å². The maximum atomic E-state index is 12.9. The highest BCUT2D eigenvalue weighted by Crippen LogP contribution is 2.46. The van der Waals surface area contributed by atoms with Crippen LogP contribution in [0, 0.1) is 0 Å². The first-order chi connectivity index (χ1) is 38.2. The van der Waals surface area contributed by atoms with Crippen molar-refractivity contribution in [3.05, 3.63) is 173 Å². The molecule has 82 heavy (non-hydrogen) atoms. The molecule has 0 aliphatic carbocycles. The maximum Gasteiger partial charge on any atom is 0.126 e. The molecule has 3 heterocycles. The van der Waals surface area contributed by atoms with Gasteiger partial charge in [0.05, 0.1) is 26.4 Å². The van der Waals surface area contributed by atoms with Gasteiger partial charge in [-0.15, -0.1) is 0 Å². The molecule has 8 nitrogen and oxygen atoms in total. The van der Waals surface area contributed by atoms with Gasteiger partial charge in [-0.1, -0.05) is 197 Å². The molecule has 3 aliphatic rings. The van der Waals surface area contributed by atoms with E-state index in [1.807, 2.05) is 0 Å². The second-order valence-corrected chi connectivity index (χ2v) is 30.0. The van der Waals surface area contributed by atoms with Crippen molar-refractivity contribution in [2.24, 2.45) is 0 Å². The third kappa shape index (κ3) is 13.7. The molecule has 0 aromatic heterocycles. The van der Waals surface area contributed by atoms with Crippen molar-refractivity contribution in [2.45, 2.75) is 196 Å². The van der Waals surface area contributed by atoms with E-state index in [2.05, 4.69) is 197 Å². The monoisotopic (exact) mass is 1110 g/mol. The van der Waals surface area contributed by atoms with Gasteiger partial charge >= 0.3 is 0 Å². The topological polar surface area (TPSA) is 95.8 Å². The molecule has 0 fully saturated rings. The molecule has 2 N–H and O–H groups in total. The number of rotatable bonds is 0. The van der Waals surface area contributed by atoms with E-state index in [9.17, 15) is 10.2 Å². The Labute approximate surface area is 492 Å². The van der Waals surface area contributed by atoms with Crippen molar-refractivity contribution in [1.29, 1.82) is 0 Å². The maximum absolute atomic E-state index is 12.9. The molecule has 440 valence electrons. The first-order valence-electron chi connectivity index (χ1n) is 30.2. The van der Waals surface area contributed by atoms with Crippen LogP contribution in [-0.2, 0) is 80.5 Å². The van der Waals surface area contributed by atoms with Crippen LogP contribution in [-0.4, -0.2) is 63.1 Å². The van der Waals surface area contributed by atoms with Crippen molar-refractivity contribution >= 4 is 0 Å². The quantitative estimate of drug-likeness (QED) is 0.145. The number of phenols is 2. The Morgan fingerprint density at radius 2 is 0.378 bits per heavy atom. The fourth-order valence-electron chi connectivity index (χ4n) is 11.7. The molecule has 0 saturated heterocycles.